The van der Waals surface area contributed by atoms with E-state index in [-0.39, 0.29) is 5.91 Å². The molecule has 20 heavy (non-hydrogen) atoms. The Labute approximate surface area is 130 Å². The summed E-state index contributed by atoms with van der Waals surface area (Å²) in [5, 5.41) is 3.38. The predicted octanol–water partition coefficient (Wildman–Crippen LogP) is 2.93. The van der Waals surface area contributed by atoms with E-state index in [1.54, 1.807) is 30.0 Å². The van der Waals surface area contributed by atoms with Gasteiger partial charge in [0.2, 0.25) is 5.91 Å². The van der Waals surface area contributed by atoms with Crippen LogP contribution in [0.15, 0.2) is 18.2 Å². The molecule has 0 aliphatic carbocycles. The molecule has 0 bridgehead atoms. The van der Waals surface area contributed by atoms with Crippen LogP contribution < -0.4 is 11.1 Å². The number of nitrogens with two attached hydrogens (primary N) is 1. The van der Waals surface area contributed by atoms with E-state index < -0.39 is 0 Å². The lowest BCUT2D eigenvalue weighted by Gasteiger charge is -2.26. The van der Waals surface area contributed by atoms with Crippen molar-refractivity contribution < 1.29 is 4.79 Å². The molecule has 0 spiro atoms. The SMILES string of the molecule is CCC(CSC)N(C)CC(=O)Nc1ccc(Cl)cc1N. The Kier molecular flexibility index (Phi) is 7.19. The van der Waals surface area contributed by atoms with Crippen LogP contribution in [0.1, 0.15) is 13.3 Å². The van der Waals surface area contributed by atoms with Crippen LogP contribution in [0, 0.1) is 0 Å². The second-order valence-corrected chi connectivity index (χ2v) is 6.06. The summed E-state index contributed by atoms with van der Waals surface area (Å²) in [6, 6.07) is 5.45. The zero-order valence-corrected chi connectivity index (χ0v) is 13.7. The zero-order chi connectivity index (χ0) is 15.1. The minimum atomic E-state index is -0.0684. The molecular formula is C14H22ClN3OS. The molecule has 0 heterocycles. The van der Waals surface area contributed by atoms with Crippen LogP contribution >= 0.6 is 23.4 Å². The highest BCUT2D eigenvalue weighted by Gasteiger charge is 2.15. The van der Waals surface area contributed by atoms with Crippen molar-refractivity contribution in [3.8, 4) is 0 Å². The van der Waals surface area contributed by atoms with Crippen molar-refractivity contribution in [2.75, 3.05) is 36.7 Å². The van der Waals surface area contributed by atoms with E-state index >= 15 is 0 Å². The Hall–Kier alpha value is -0.910. The summed E-state index contributed by atoms with van der Waals surface area (Å²) in [4.78, 5) is 14.1. The molecule has 0 radical (unpaired) electrons. The lowest BCUT2D eigenvalue weighted by Crippen LogP contribution is -2.39. The van der Waals surface area contributed by atoms with Gasteiger partial charge in [-0.25, -0.2) is 0 Å². The number of benzene rings is 1. The predicted molar refractivity (Wildman–Crippen MR) is 89.6 cm³/mol. The first kappa shape index (κ1) is 17.1. The summed E-state index contributed by atoms with van der Waals surface area (Å²) in [5.74, 6) is 0.949. The molecule has 0 fully saturated rings. The quantitative estimate of drug-likeness (QED) is 0.760. The molecule has 0 aromatic heterocycles. The number of halogens is 1. The number of rotatable bonds is 7. The highest BCUT2D eigenvalue weighted by molar-refractivity contribution is 7.98. The van der Waals surface area contributed by atoms with Gasteiger partial charge in [0.25, 0.3) is 0 Å². The second kappa shape index (κ2) is 8.39. The van der Waals surface area contributed by atoms with Crippen LogP contribution in [0.5, 0.6) is 0 Å². The summed E-state index contributed by atoms with van der Waals surface area (Å²) in [5.41, 5.74) is 6.90. The zero-order valence-electron chi connectivity index (χ0n) is 12.1. The second-order valence-electron chi connectivity index (χ2n) is 4.71. The van der Waals surface area contributed by atoms with Crippen molar-refractivity contribution in [2.45, 2.75) is 19.4 Å². The minimum Gasteiger partial charge on any atom is -0.397 e. The Bertz CT molecular complexity index is 456. The van der Waals surface area contributed by atoms with Gasteiger partial charge in [-0.2, -0.15) is 11.8 Å². The van der Waals surface area contributed by atoms with Crippen molar-refractivity contribution in [3.63, 3.8) is 0 Å². The number of hydrogen-bond acceptors (Lipinski definition) is 4. The van der Waals surface area contributed by atoms with Crippen LogP contribution in [0.4, 0.5) is 11.4 Å². The average Bonchev–Trinajstić information content (AvgIpc) is 2.39. The maximum absolute atomic E-state index is 12.0. The number of thioether (sulfide) groups is 1. The van der Waals surface area contributed by atoms with Gasteiger partial charge in [0.05, 0.1) is 17.9 Å². The van der Waals surface area contributed by atoms with Crippen LogP contribution in [0.3, 0.4) is 0 Å². The van der Waals surface area contributed by atoms with Crippen LogP contribution in [-0.2, 0) is 4.79 Å². The van der Waals surface area contributed by atoms with Gasteiger partial charge >= 0.3 is 0 Å². The van der Waals surface area contributed by atoms with Crippen molar-refractivity contribution in [1.82, 2.24) is 4.90 Å². The Morgan fingerprint density at radius 1 is 1.55 bits per heavy atom. The molecule has 1 unspecified atom stereocenters. The average molecular weight is 316 g/mol. The number of carbonyl (C=O) groups excluding carboxylic acids is 1. The smallest absolute Gasteiger partial charge is 0.238 e. The fourth-order valence-electron chi connectivity index (χ4n) is 1.94. The number of nitrogen functional groups attached to an aromatic ring is 1. The Morgan fingerprint density at radius 2 is 2.25 bits per heavy atom. The van der Waals surface area contributed by atoms with Gasteiger partial charge in [-0.3, -0.25) is 9.69 Å². The number of nitrogens with one attached hydrogen (secondary N) is 1. The third kappa shape index (κ3) is 5.23. The van der Waals surface area contributed by atoms with E-state index in [0.29, 0.717) is 29.0 Å². The fraction of sp³-hybridized carbons (Fsp3) is 0.500. The molecule has 1 aromatic carbocycles. The summed E-state index contributed by atoms with van der Waals surface area (Å²) in [6.07, 6.45) is 3.10. The molecule has 0 aliphatic heterocycles. The highest BCUT2D eigenvalue weighted by Crippen LogP contribution is 2.22. The monoisotopic (exact) mass is 315 g/mol. The largest absolute Gasteiger partial charge is 0.397 e. The van der Waals surface area contributed by atoms with E-state index in [4.69, 9.17) is 17.3 Å². The molecule has 3 N–H and O–H groups in total. The molecule has 4 nitrogen and oxygen atoms in total. The lowest BCUT2D eigenvalue weighted by atomic mass is 10.2. The van der Waals surface area contributed by atoms with E-state index in [0.717, 1.165) is 12.2 Å². The molecule has 0 saturated heterocycles. The van der Waals surface area contributed by atoms with Crippen LogP contribution in [0.25, 0.3) is 0 Å². The first-order valence-electron chi connectivity index (χ1n) is 6.52. The number of amides is 1. The van der Waals surface area contributed by atoms with Crippen molar-refractivity contribution >= 4 is 40.6 Å². The van der Waals surface area contributed by atoms with Gasteiger partial charge in [0.1, 0.15) is 0 Å². The maximum Gasteiger partial charge on any atom is 0.238 e. The van der Waals surface area contributed by atoms with E-state index in [2.05, 4.69) is 23.4 Å². The van der Waals surface area contributed by atoms with Crippen molar-refractivity contribution in [3.05, 3.63) is 23.2 Å². The van der Waals surface area contributed by atoms with Crippen molar-refractivity contribution in [2.24, 2.45) is 0 Å². The molecule has 6 heteroatoms. The maximum atomic E-state index is 12.0. The van der Waals surface area contributed by atoms with Crippen LogP contribution in [-0.4, -0.2) is 42.4 Å². The third-order valence-corrected chi connectivity index (χ3v) is 4.09. The summed E-state index contributed by atoms with van der Waals surface area (Å²) in [6.45, 7) is 2.48. The highest BCUT2D eigenvalue weighted by atomic mass is 35.5. The van der Waals surface area contributed by atoms with Crippen molar-refractivity contribution in [1.29, 1.82) is 0 Å². The number of hydrogen-bond donors (Lipinski definition) is 2. The summed E-state index contributed by atoms with van der Waals surface area (Å²) in [7, 11) is 1.97. The molecule has 1 amide bonds. The minimum absolute atomic E-state index is 0.0684. The molecule has 112 valence electrons. The topological polar surface area (TPSA) is 58.4 Å². The normalized spacial score (nSPS) is 12.4. The van der Waals surface area contributed by atoms with Gasteiger partial charge in [-0.15, -0.1) is 0 Å². The van der Waals surface area contributed by atoms with Gasteiger partial charge in [-0.05, 0) is 37.9 Å². The number of nitrogens with zero attached hydrogens (tertiary/aromatic N) is 1. The van der Waals surface area contributed by atoms with Gasteiger partial charge in [0.15, 0.2) is 0 Å². The van der Waals surface area contributed by atoms with E-state index in [9.17, 15) is 4.79 Å². The summed E-state index contributed by atoms with van der Waals surface area (Å²) >= 11 is 7.62. The number of anilines is 2. The molecule has 1 rings (SSSR count). The van der Waals surface area contributed by atoms with E-state index in [1.165, 1.54) is 0 Å². The first-order valence-corrected chi connectivity index (χ1v) is 8.29. The Balaban J connectivity index is 2.58. The first-order chi connectivity index (χ1) is 9.47. The van der Waals surface area contributed by atoms with Gasteiger partial charge in [0, 0.05) is 16.8 Å². The number of likely N-dealkylation sites (N-methyl/N-ethyl adjacent to an activating group) is 1. The fourth-order valence-corrected chi connectivity index (χ4v) is 3.00. The van der Waals surface area contributed by atoms with Gasteiger partial charge < -0.3 is 11.1 Å². The molecule has 1 atom stereocenters. The Morgan fingerprint density at radius 3 is 2.80 bits per heavy atom. The van der Waals surface area contributed by atoms with E-state index in [1.807, 2.05) is 7.05 Å². The number of carbonyl (C=O) groups is 1. The van der Waals surface area contributed by atoms with Crippen LogP contribution in [0.2, 0.25) is 5.02 Å². The molecule has 0 aliphatic rings. The standard InChI is InChI=1S/C14H22ClN3OS/c1-4-11(9-20-3)18(2)8-14(19)17-13-6-5-10(15)7-12(13)16/h5-7,11H,4,8-9,16H2,1-3H3,(H,17,19). The molecular weight excluding hydrogens is 294 g/mol. The molecule has 1 aromatic rings. The third-order valence-electron chi connectivity index (χ3n) is 3.13. The van der Waals surface area contributed by atoms with Gasteiger partial charge in [-0.1, -0.05) is 18.5 Å². The summed E-state index contributed by atoms with van der Waals surface area (Å²) < 4.78 is 0. The lowest BCUT2D eigenvalue weighted by molar-refractivity contribution is -0.117. The molecule has 0 saturated carbocycles.